The molecule has 0 unspecified atom stereocenters. The van der Waals surface area contributed by atoms with Gasteiger partial charge in [0.2, 0.25) is 6.29 Å². The normalized spacial score (nSPS) is 31.2. The Morgan fingerprint density at radius 2 is 1.73 bits per heavy atom. The van der Waals surface area contributed by atoms with E-state index in [0.717, 1.165) is 13.8 Å². The van der Waals surface area contributed by atoms with Crippen molar-refractivity contribution in [1.29, 1.82) is 0 Å². The number of aliphatic carboxylic acids is 1. The second-order valence-corrected chi connectivity index (χ2v) is 6.27. The number of hydrogen-bond acceptors (Lipinski definition) is 8. The van der Waals surface area contributed by atoms with Crippen LogP contribution in [0.1, 0.15) is 19.3 Å². The third-order valence-electron chi connectivity index (χ3n) is 3.46. The van der Waals surface area contributed by atoms with E-state index in [9.17, 15) is 24.9 Å². The Labute approximate surface area is 159 Å². The summed E-state index contributed by atoms with van der Waals surface area (Å²) in [5.74, 6) is -3.53. The van der Waals surface area contributed by atoms with Gasteiger partial charge in [0.1, 0.15) is 24.1 Å². The molecule has 1 aliphatic heterocycles. The summed E-state index contributed by atoms with van der Waals surface area (Å²) in [4.78, 5) is 23.7. The highest BCUT2D eigenvalue weighted by molar-refractivity contribution is 6.30. The summed E-state index contributed by atoms with van der Waals surface area (Å²) >= 11 is 5.70. The van der Waals surface area contributed by atoms with Gasteiger partial charge in [-0.2, -0.15) is 0 Å². The molecule has 5 atom stereocenters. The molecule has 0 amide bonds. The minimum Gasteiger partial charge on any atom is -0.479 e. The van der Waals surface area contributed by atoms with Crippen molar-refractivity contribution in [2.24, 2.45) is 0 Å². The van der Waals surface area contributed by atoms with Gasteiger partial charge in [-0.25, -0.2) is 9.59 Å². The fourth-order valence-electron chi connectivity index (χ4n) is 2.03. The van der Waals surface area contributed by atoms with Crippen LogP contribution >= 0.6 is 11.6 Å². The Morgan fingerprint density at radius 3 is 2.27 bits per heavy atom. The van der Waals surface area contributed by atoms with Gasteiger partial charge in [0, 0.05) is 5.02 Å². The molecule has 0 aliphatic carbocycles. The Hall–Kier alpha value is -1.91. The number of carbonyl (C=O) groups excluding carboxylic acids is 1. The van der Waals surface area contributed by atoms with Gasteiger partial charge in [-0.3, -0.25) is 0 Å². The fraction of sp³-hybridized carbons (Fsp3) is 0.500. The van der Waals surface area contributed by atoms with Crippen molar-refractivity contribution < 1.29 is 49.7 Å². The molecule has 10 heteroatoms. The molecule has 4 N–H and O–H groups in total. The van der Waals surface area contributed by atoms with Gasteiger partial charge in [-0.1, -0.05) is 11.6 Å². The van der Waals surface area contributed by atoms with Crippen molar-refractivity contribution in [3.63, 3.8) is 0 Å². The second kappa shape index (κ2) is 7.77. The van der Waals surface area contributed by atoms with Crippen molar-refractivity contribution in [3.05, 3.63) is 29.2 Å². The van der Waals surface area contributed by atoms with Crippen LogP contribution in [-0.2, 0) is 19.1 Å². The van der Waals surface area contributed by atoms with Gasteiger partial charge in [-0.15, -0.1) is 0 Å². The quantitative estimate of drug-likeness (QED) is 0.504. The lowest BCUT2D eigenvalue weighted by Crippen LogP contribution is -2.61. The van der Waals surface area contributed by atoms with Crippen molar-refractivity contribution in [2.75, 3.05) is 0 Å². The highest BCUT2D eigenvalue weighted by atomic mass is 35.5. The highest BCUT2D eigenvalue weighted by Gasteiger charge is 2.49. The summed E-state index contributed by atoms with van der Waals surface area (Å²) < 4.78 is 46.2. The second-order valence-electron chi connectivity index (χ2n) is 5.90. The molecule has 0 aromatic heterocycles. The molecule has 26 heavy (non-hydrogen) atoms. The number of aliphatic hydroxyl groups is 3. The Morgan fingerprint density at radius 1 is 1.15 bits per heavy atom. The third-order valence-corrected chi connectivity index (χ3v) is 3.65. The predicted octanol–water partition coefficient (Wildman–Crippen LogP) is -0.0672. The number of carboxylic acids is 1. The number of esters is 1. The van der Waals surface area contributed by atoms with Gasteiger partial charge in [0.15, 0.2) is 11.7 Å². The van der Waals surface area contributed by atoms with Crippen molar-refractivity contribution in [1.82, 2.24) is 0 Å². The molecule has 1 aromatic carbocycles. The number of halogens is 1. The summed E-state index contributed by atoms with van der Waals surface area (Å²) in [5.41, 5.74) is -1.97. The fourth-order valence-corrected chi connectivity index (χ4v) is 2.12. The van der Waals surface area contributed by atoms with Crippen LogP contribution in [0.25, 0.3) is 0 Å². The molecule has 2 rings (SSSR count). The number of rotatable bonds is 5. The van der Waals surface area contributed by atoms with E-state index in [1.165, 1.54) is 0 Å². The lowest BCUT2D eigenvalue weighted by molar-refractivity contribution is -0.289. The Kier molecular flexibility index (Phi) is 4.53. The first kappa shape index (κ1) is 15.2. The molecule has 144 valence electrons. The van der Waals surface area contributed by atoms with Gasteiger partial charge < -0.3 is 34.6 Å². The summed E-state index contributed by atoms with van der Waals surface area (Å²) in [6.07, 6.45) is -9.92. The first-order valence-electron chi connectivity index (χ1n) is 9.29. The van der Waals surface area contributed by atoms with Crippen LogP contribution in [0.3, 0.4) is 0 Å². The highest BCUT2D eigenvalue weighted by Crippen LogP contribution is 2.26. The molecule has 0 bridgehead atoms. The van der Waals surface area contributed by atoms with E-state index < -0.39 is 83.2 Å². The molecule has 0 radical (unpaired) electrons. The molecule has 1 saturated heterocycles. The van der Waals surface area contributed by atoms with Gasteiger partial charge >= 0.3 is 11.9 Å². The van der Waals surface area contributed by atoms with E-state index in [0.29, 0.717) is 0 Å². The molecular weight excluding hydrogens is 372 g/mol. The zero-order valence-electron chi connectivity index (χ0n) is 17.6. The largest absolute Gasteiger partial charge is 0.479 e. The number of aliphatic hydroxyl groups excluding tert-OH is 3. The third kappa shape index (κ3) is 4.43. The lowest BCUT2D eigenvalue weighted by atomic mass is 9.99. The Balaban J connectivity index is 2.26. The van der Waals surface area contributed by atoms with Gasteiger partial charge in [0.25, 0.3) is 0 Å². The van der Waals surface area contributed by atoms with Gasteiger partial charge in [0.05, 0.1) is 5.48 Å². The van der Waals surface area contributed by atoms with Crippen LogP contribution in [0.5, 0.6) is 5.75 Å². The summed E-state index contributed by atoms with van der Waals surface area (Å²) in [7, 11) is 0. The first-order valence-corrected chi connectivity index (χ1v) is 7.66. The summed E-state index contributed by atoms with van der Waals surface area (Å²) in [6.45, 7) is 2.29. The average molecular weight is 395 g/mol. The number of carbonyl (C=O) groups is 2. The molecule has 0 spiro atoms. The predicted molar refractivity (Wildman–Crippen MR) is 86.6 cm³/mol. The molecule has 1 heterocycles. The maximum atomic E-state index is 12.5. The zero-order chi connectivity index (χ0) is 23.1. The molecule has 9 nitrogen and oxygen atoms in total. The minimum absolute atomic E-state index is 0.441. The van der Waals surface area contributed by atoms with E-state index in [2.05, 4.69) is 0 Å². The standard InChI is InChI=1S/C16H19ClO9/c1-16(2,26-8-5-3-7(17)4-6-8)15(23)25-14-11(20)9(18)10(19)12(24-14)13(21)22/h3-6,9-12,14,18-20H,1-2H3,(H,21,22)/t9-,10-,11+,12-,14-/m0/s1/i3D,4D,5D,6D. The van der Waals surface area contributed by atoms with E-state index in [4.69, 9.17) is 36.4 Å². The molecular formula is C16H19ClO9. The number of hydrogen-bond donors (Lipinski definition) is 4. The van der Waals surface area contributed by atoms with E-state index in [1.54, 1.807) is 0 Å². The van der Waals surface area contributed by atoms with Crippen LogP contribution in [0, 0.1) is 0 Å². The van der Waals surface area contributed by atoms with Crippen LogP contribution in [0.4, 0.5) is 0 Å². The number of benzene rings is 1. The van der Waals surface area contributed by atoms with Crippen LogP contribution in [-0.4, -0.2) is 68.7 Å². The van der Waals surface area contributed by atoms with Gasteiger partial charge in [-0.05, 0) is 38.0 Å². The topological polar surface area (TPSA) is 143 Å². The summed E-state index contributed by atoms with van der Waals surface area (Å²) in [6, 6.07) is -2.49. The molecule has 0 saturated carbocycles. The monoisotopic (exact) mass is 394 g/mol. The van der Waals surface area contributed by atoms with Crippen molar-refractivity contribution >= 4 is 23.5 Å². The van der Waals surface area contributed by atoms with E-state index >= 15 is 0 Å². The lowest BCUT2D eigenvalue weighted by Gasteiger charge is -2.39. The zero-order valence-corrected chi connectivity index (χ0v) is 14.4. The Bertz CT molecular complexity index is 837. The number of carboxylic acid groups (broad SMARTS) is 1. The van der Waals surface area contributed by atoms with E-state index in [1.807, 2.05) is 0 Å². The van der Waals surface area contributed by atoms with Crippen molar-refractivity contribution in [3.8, 4) is 5.75 Å². The van der Waals surface area contributed by atoms with Crippen LogP contribution in [0.15, 0.2) is 24.2 Å². The summed E-state index contributed by atoms with van der Waals surface area (Å²) in [5, 5.41) is 37.9. The molecule has 1 aromatic rings. The molecule has 1 aliphatic rings. The van der Waals surface area contributed by atoms with E-state index in [-0.39, 0.29) is 0 Å². The number of ether oxygens (including phenoxy) is 3. The SMILES string of the molecule is [2H]c1c([2H])c(OC(C)(C)C(=O)O[C@@H]2O[C@H](C(=O)O)[C@@H](O)[C@H](O)[C@H]2O)c([2H])c([2H])c1Cl. The van der Waals surface area contributed by atoms with Crippen molar-refractivity contribution in [2.45, 2.75) is 50.2 Å². The molecule has 1 fully saturated rings. The smallest absolute Gasteiger partial charge is 0.352 e. The first-order chi connectivity index (χ1) is 13.7. The van der Waals surface area contributed by atoms with Crippen LogP contribution in [0.2, 0.25) is 5.02 Å². The average Bonchev–Trinajstić information content (AvgIpc) is 2.68. The maximum Gasteiger partial charge on any atom is 0.352 e. The minimum atomic E-state index is -1.99. The van der Waals surface area contributed by atoms with Crippen LogP contribution < -0.4 is 4.74 Å². The maximum absolute atomic E-state index is 12.5.